The smallest absolute Gasteiger partial charge is 0.258 e. The summed E-state index contributed by atoms with van der Waals surface area (Å²) in [5.74, 6) is 2.18. The average Bonchev–Trinajstić information content (AvgIpc) is 3.07. The third kappa shape index (κ3) is 2.87. The van der Waals surface area contributed by atoms with Crippen LogP contribution in [0.25, 0.3) is 16.7 Å². The minimum absolute atomic E-state index is 0.231. The zero-order valence-corrected chi connectivity index (χ0v) is 16.5. The summed E-state index contributed by atoms with van der Waals surface area (Å²) in [6, 6.07) is 3.34. The zero-order chi connectivity index (χ0) is 20.0. The lowest BCUT2D eigenvalue weighted by molar-refractivity contribution is 0.355. The van der Waals surface area contributed by atoms with E-state index in [9.17, 15) is 4.79 Å². The number of aryl methyl sites for hydroxylation is 2. The monoisotopic (exact) mass is 379 g/mol. The second-order valence-electron chi connectivity index (χ2n) is 6.72. The van der Waals surface area contributed by atoms with Crippen molar-refractivity contribution in [2.75, 3.05) is 14.2 Å². The summed E-state index contributed by atoms with van der Waals surface area (Å²) in [6.07, 6.45) is 2.32. The van der Waals surface area contributed by atoms with E-state index < -0.39 is 0 Å². The molecule has 3 heterocycles. The van der Waals surface area contributed by atoms with Crippen molar-refractivity contribution in [2.45, 2.75) is 27.2 Å². The van der Waals surface area contributed by atoms with Gasteiger partial charge in [-0.15, -0.1) is 0 Å². The molecular formula is C20H21N5O3. The molecule has 0 saturated heterocycles. The number of hydrogen-bond acceptors (Lipinski definition) is 6. The fraction of sp³-hybridized carbons (Fsp3) is 0.300. The molecule has 0 unspecified atom stereocenters. The van der Waals surface area contributed by atoms with Crippen LogP contribution < -0.4 is 15.0 Å². The zero-order valence-electron chi connectivity index (χ0n) is 16.5. The molecule has 0 atom stereocenters. The number of ether oxygens (including phenoxy) is 2. The molecule has 0 bridgehead atoms. The molecule has 8 heteroatoms. The summed E-state index contributed by atoms with van der Waals surface area (Å²) in [4.78, 5) is 29.1. The minimum Gasteiger partial charge on any atom is -0.493 e. The van der Waals surface area contributed by atoms with Crippen molar-refractivity contribution in [3.8, 4) is 11.5 Å². The lowest BCUT2D eigenvalue weighted by Gasteiger charge is -2.09. The molecule has 0 aliphatic heterocycles. The third-order valence-electron chi connectivity index (χ3n) is 5.06. The van der Waals surface area contributed by atoms with Crippen LogP contribution in [0.15, 0.2) is 23.1 Å². The predicted octanol–water partition coefficient (Wildman–Crippen LogP) is 2.50. The van der Waals surface area contributed by atoms with E-state index in [0.717, 1.165) is 22.6 Å². The van der Waals surface area contributed by atoms with Crippen LogP contribution in [0, 0.1) is 20.8 Å². The van der Waals surface area contributed by atoms with Crippen molar-refractivity contribution in [3.63, 3.8) is 0 Å². The summed E-state index contributed by atoms with van der Waals surface area (Å²) >= 11 is 0. The average molecular weight is 379 g/mol. The van der Waals surface area contributed by atoms with E-state index >= 15 is 0 Å². The number of nitrogens with one attached hydrogen (secondary N) is 1. The Labute approximate surface area is 161 Å². The van der Waals surface area contributed by atoms with Gasteiger partial charge in [-0.3, -0.25) is 9.20 Å². The number of aromatic nitrogens is 5. The largest absolute Gasteiger partial charge is 0.493 e. The van der Waals surface area contributed by atoms with E-state index in [4.69, 9.17) is 9.47 Å². The molecule has 0 radical (unpaired) electrons. The lowest BCUT2D eigenvalue weighted by Crippen LogP contribution is -2.12. The molecule has 8 nitrogen and oxygen atoms in total. The standard InChI is InChI=1S/C20H21N5O3/c1-10-11(2)21-20-22-13(9-25(20)12(10)3)6-18-23-15-8-17(28-5)16(27-4)7-14(15)19(26)24-18/h7-9H,6H2,1-5H3,(H,23,24,26). The van der Waals surface area contributed by atoms with Gasteiger partial charge in [0.05, 0.1) is 30.8 Å². The second-order valence-corrected chi connectivity index (χ2v) is 6.72. The van der Waals surface area contributed by atoms with Crippen molar-refractivity contribution in [2.24, 2.45) is 0 Å². The van der Waals surface area contributed by atoms with Crippen LogP contribution in [0.5, 0.6) is 11.5 Å². The third-order valence-corrected chi connectivity index (χ3v) is 5.06. The molecule has 0 spiro atoms. The summed E-state index contributed by atoms with van der Waals surface area (Å²) in [5, 5.41) is 0.445. The maximum Gasteiger partial charge on any atom is 0.258 e. The molecule has 0 aliphatic carbocycles. The van der Waals surface area contributed by atoms with E-state index in [-0.39, 0.29) is 5.56 Å². The first-order valence-electron chi connectivity index (χ1n) is 8.88. The molecule has 0 aliphatic rings. The first kappa shape index (κ1) is 18.0. The van der Waals surface area contributed by atoms with Gasteiger partial charge < -0.3 is 14.5 Å². The fourth-order valence-electron chi connectivity index (χ4n) is 3.27. The van der Waals surface area contributed by atoms with E-state index in [1.807, 2.05) is 31.4 Å². The van der Waals surface area contributed by atoms with Gasteiger partial charge >= 0.3 is 0 Å². The summed E-state index contributed by atoms with van der Waals surface area (Å²) < 4.78 is 12.5. The highest BCUT2D eigenvalue weighted by atomic mass is 16.5. The van der Waals surface area contributed by atoms with Crippen molar-refractivity contribution < 1.29 is 9.47 Å². The summed E-state index contributed by atoms with van der Waals surface area (Å²) in [5.41, 5.74) is 4.28. The van der Waals surface area contributed by atoms with Crippen LogP contribution in [0.3, 0.4) is 0 Å². The maximum atomic E-state index is 12.5. The van der Waals surface area contributed by atoms with E-state index in [1.165, 1.54) is 7.11 Å². The van der Waals surface area contributed by atoms with Gasteiger partial charge in [0.15, 0.2) is 11.5 Å². The normalized spacial score (nSPS) is 11.3. The lowest BCUT2D eigenvalue weighted by atomic mass is 10.2. The number of imidazole rings is 1. The van der Waals surface area contributed by atoms with Gasteiger partial charge in [0, 0.05) is 30.1 Å². The Hall–Kier alpha value is -3.42. The fourth-order valence-corrected chi connectivity index (χ4v) is 3.27. The minimum atomic E-state index is -0.231. The Morgan fingerprint density at radius 1 is 1.04 bits per heavy atom. The highest BCUT2D eigenvalue weighted by Crippen LogP contribution is 2.30. The first-order valence-corrected chi connectivity index (χ1v) is 8.88. The number of hydrogen-bond donors (Lipinski definition) is 1. The van der Waals surface area contributed by atoms with Crippen LogP contribution in [0.2, 0.25) is 0 Å². The van der Waals surface area contributed by atoms with Crippen molar-refractivity contribution in [1.29, 1.82) is 0 Å². The van der Waals surface area contributed by atoms with Gasteiger partial charge in [-0.05, 0) is 32.4 Å². The van der Waals surface area contributed by atoms with Gasteiger partial charge in [0.25, 0.3) is 5.56 Å². The number of fused-ring (bicyclic) bond motifs is 2. The van der Waals surface area contributed by atoms with E-state index in [0.29, 0.717) is 40.4 Å². The van der Waals surface area contributed by atoms with Gasteiger partial charge in [0.1, 0.15) is 5.82 Å². The molecule has 1 aromatic carbocycles. The highest BCUT2D eigenvalue weighted by molar-refractivity contribution is 5.81. The number of rotatable bonds is 4. The van der Waals surface area contributed by atoms with Crippen LogP contribution >= 0.6 is 0 Å². The molecule has 1 N–H and O–H groups in total. The van der Waals surface area contributed by atoms with Crippen molar-refractivity contribution in [1.82, 2.24) is 24.3 Å². The van der Waals surface area contributed by atoms with E-state index in [2.05, 4.69) is 19.9 Å². The molecule has 0 amide bonds. The van der Waals surface area contributed by atoms with Crippen LogP contribution in [0.1, 0.15) is 28.5 Å². The van der Waals surface area contributed by atoms with Crippen molar-refractivity contribution >= 4 is 16.7 Å². The second kappa shape index (κ2) is 6.63. The predicted molar refractivity (Wildman–Crippen MR) is 105 cm³/mol. The maximum absolute atomic E-state index is 12.5. The van der Waals surface area contributed by atoms with Crippen LogP contribution in [-0.2, 0) is 6.42 Å². The molecule has 144 valence electrons. The van der Waals surface area contributed by atoms with Gasteiger partial charge in [-0.2, -0.15) is 0 Å². The quantitative estimate of drug-likeness (QED) is 0.585. The van der Waals surface area contributed by atoms with Crippen LogP contribution in [0.4, 0.5) is 0 Å². The first-order chi connectivity index (χ1) is 13.4. The molecule has 4 aromatic rings. The van der Waals surface area contributed by atoms with Gasteiger partial charge in [-0.1, -0.05) is 0 Å². The number of methoxy groups -OCH3 is 2. The number of nitrogens with zero attached hydrogens (tertiary/aromatic N) is 4. The summed E-state index contributed by atoms with van der Waals surface area (Å²) in [7, 11) is 3.08. The Bertz CT molecular complexity index is 1270. The number of aromatic amines is 1. The number of H-pyrrole nitrogens is 1. The molecule has 28 heavy (non-hydrogen) atoms. The molecule has 3 aromatic heterocycles. The SMILES string of the molecule is COc1cc2nc(Cc3cn4c(C)c(C)c(C)nc4n3)[nH]c(=O)c2cc1OC. The van der Waals surface area contributed by atoms with Crippen LogP contribution in [-0.4, -0.2) is 38.6 Å². The Balaban J connectivity index is 1.79. The molecule has 0 fully saturated rings. The topological polar surface area (TPSA) is 94.4 Å². The Morgan fingerprint density at radius 2 is 1.75 bits per heavy atom. The number of benzene rings is 1. The molecule has 0 saturated carbocycles. The van der Waals surface area contributed by atoms with Gasteiger partial charge in [0.2, 0.25) is 5.78 Å². The Kier molecular flexibility index (Phi) is 4.26. The van der Waals surface area contributed by atoms with E-state index in [1.54, 1.807) is 19.2 Å². The molecule has 4 rings (SSSR count). The summed E-state index contributed by atoms with van der Waals surface area (Å²) in [6.45, 7) is 6.06. The Morgan fingerprint density at radius 3 is 2.46 bits per heavy atom. The van der Waals surface area contributed by atoms with Gasteiger partial charge in [-0.25, -0.2) is 15.0 Å². The molecular weight excluding hydrogens is 358 g/mol. The van der Waals surface area contributed by atoms with Crippen molar-refractivity contribution in [3.05, 3.63) is 57.2 Å². The highest BCUT2D eigenvalue weighted by Gasteiger charge is 2.13.